The molecule has 0 saturated heterocycles. The second-order valence-corrected chi connectivity index (χ2v) is 8.02. The van der Waals surface area contributed by atoms with Gasteiger partial charge in [0.25, 0.3) is 0 Å². The lowest BCUT2D eigenvalue weighted by atomic mass is 10.2. The summed E-state index contributed by atoms with van der Waals surface area (Å²) >= 11 is 15.2. The van der Waals surface area contributed by atoms with E-state index in [9.17, 15) is 9.59 Å². The lowest BCUT2D eigenvalue weighted by Crippen LogP contribution is -2.24. The first kappa shape index (κ1) is 24.0. The Morgan fingerprint density at radius 1 is 1.17 bits per heavy atom. The first-order valence-corrected chi connectivity index (χ1v) is 10.4. The van der Waals surface area contributed by atoms with Crippen LogP contribution in [0.5, 0.6) is 11.5 Å². The van der Waals surface area contributed by atoms with Gasteiger partial charge in [0.1, 0.15) is 6.42 Å². The molecule has 2 aromatic rings. The van der Waals surface area contributed by atoms with Gasteiger partial charge in [0.2, 0.25) is 11.8 Å². The number of hydrogen-bond acceptors (Lipinski definition) is 5. The second-order valence-electron chi connectivity index (χ2n) is 6.35. The van der Waals surface area contributed by atoms with Crippen LogP contribution < -0.4 is 20.2 Å². The van der Waals surface area contributed by atoms with Gasteiger partial charge >= 0.3 is 0 Å². The molecule has 0 radical (unpaired) electrons. The van der Waals surface area contributed by atoms with Crippen LogP contribution in [-0.2, 0) is 9.59 Å². The van der Waals surface area contributed by atoms with Gasteiger partial charge in [-0.3, -0.25) is 9.59 Å². The maximum absolute atomic E-state index is 12.0. The first-order chi connectivity index (χ1) is 14.2. The van der Waals surface area contributed by atoms with Gasteiger partial charge in [0, 0.05) is 5.69 Å². The quantitative estimate of drug-likeness (QED) is 0.292. The molecule has 160 valence electrons. The van der Waals surface area contributed by atoms with Crippen LogP contribution in [0.3, 0.4) is 0 Å². The molecule has 2 aromatic carbocycles. The molecule has 2 N–H and O–H groups in total. The Morgan fingerprint density at radius 3 is 2.53 bits per heavy atom. The summed E-state index contributed by atoms with van der Waals surface area (Å²) in [7, 11) is 1.53. The summed E-state index contributed by atoms with van der Waals surface area (Å²) in [6.45, 7) is 3.82. The van der Waals surface area contributed by atoms with Crippen molar-refractivity contribution in [1.82, 2.24) is 5.43 Å². The third-order valence-electron chi connectivity index (χ3n) is 3.53. The van der Waals surface area contributed by atoms with E-state index in [1.54, 1.807) is 24.3 Å². The number of carbonyl (C=O) groups is 2. The zero-order valence-electron chi connectivity index (χ0n) is 16.5. The van der Waals surface area contributed by atoms with Crippen LogP contribution in [0, 0.1) is 0 Å². The zero-order valence-corrected chi connectivity index (χ0v) is 19.6. The fourth-order valence-corrected chi connectivity index (χ4v) is 3.16. The molecule has 2 rings (SSSR count). The summed E-state index contributed by atoms with van der Waals surface area (Å²) in [5.41, 5.74) is 3.41. The molecule has 0 aliphatic carbocycles. The smallest absolute Gasteiger partial charge is 0.249 e. The maximum Gasteiger partial charge on any atom is 0.249 e. The highest BCUT2D eigenvalue weighted by Gasteiger charge is 2.13. The molecule has 0 aliphatic heterocycles. The minimum absolute atomic E-state index is 0.0240. The van der Waals surface area contributed by atoms with Crippen molar-refractivity contribution in [3.63, 3.8) is 0 Å². The van der Waals surface area contributed by atoms with E-state index in [0.29, 0.717) is 37.3 Å². The van der Waals surface area contributed by atoms with Crippen molar-refractivity contribution in [2.24, 2.45) is 5.10 Å². The number of hydrogen-bond donors (Lipinski definition) is 2. The van der Waals surface area contributed by atoms with Crippen LogP contribution in [-0.4, -0.2) is 31.2 Å². The van der Waals surface area contributed by atoms with Crippen molar-refractivity contribution in [3.8, 4) is 11.5 Å². The Labute approximate surface area is 192 Å². The summed E-state index contributed by atoms with van der Waals surface area (Å²) in [6, 6.07) is 8.12. The number of benzene rings is 2. The van der Waals surface area contributed by atoms with Crippen LogP contribution in [0.25, 0.3) is 0 Å². The van der Waals surface area contributed by atoms with Gasteiger partial charge in [0.05, 0.1) is 33.9 Å². The Morgan fingerprint density at radius 2 is 1.90 bits per heavy atom. The number of nitrogens with one attached hydrogen (secondary N) is 2. The van der Waals surface area contributed by atoms with Crippen molar-refractivity contribution >= 4 is 62.8 Å². The highest BCUT2D eigenvalue weighted by molar-refractivity contribution is 9.10. The van der Waals surface area contributed by atoms with E-state index in [1.165, 1.54) is 19.4 Å². The Kier molecular flexibility index (Phi) is 8.95. The molecular weight excluding hydrogens is 497 g/mol. The monoisotopic (exact) mass is 515 g/mol. The van der Waals surface area contributed by atoms with Crippen LogP contribution in [0.4, 0.5) is 5.69 Å². The molecule has 7 nitrogen and oxygen atoms in total. The van der Waals surface area contributed by atoms with Gasteiger partial charge in [-0.15, -0.1) is 0 Å². The van der Waals surface area contributed by atoms with Gasteiger partial charge in [-0.05, 0) is 65.7 Å². The predicted octanol–water partition coefficient (Wildman–Crippen LogP) is 5.03. The van der Waals surface area contributed by atoms with Gasteiger partial charge in [-0.1, -0.05) is 23.2 Å². The van der Waals surface area contributed by atoms with E-state index in [1.807, 2.05) is 13.8 Å². The standard InChI is InChI=1S/C20H20BrCl2N3O4/c1-11(2)30-20-14(21)6-12(7-17(20)29-3)10-24-26-19(28)9-18(27)25-13-4-5-15(22)16(23)8-13/h4-8,10-11H,9H2,1-3H3,(H,25,27)(H,26,28). The molecule has 30 heavy (non-hydrogen) atoms. The average Bonchev–Trinajstić information content (AvgIpc) is 2.66. The van der Waals surface area contributed by atoms with Gasteiger partial charge in [-0.2, -0.15) is 5.10 Å². The third kappa shape index (κ3) is 7.19. The second kappa shape index (κ2) is 11.2. The minimum atomic E-state index is -0.574. The predicted molar refractivity (Wildman–Crippen MR) is 122 cm³/mol. The van der Waals surface area contributed by atoms with E-state index >= 15 is 0 Å². The van der Waals surface area contributed by atoms with E-state index in [-0.39, 0.29) is 6.10 Å². The summed E-state index contributed by atoms with van der Waals surface area (Å²) in [5.74, 6) is 0.00908. The van der Waals surface area contributed by atoms with E-state index in [2.05, 4.69) is 31.8 Å². The lowest BCUT2D eigenvalue weighted by Gasteiger charge is -2.15. The van der Waals surface area contributed by atoms with Crippen molar-refractivity contribution in [3.05, 3.63) is 50.4 Å². The number of halogens is 3. The molecule has 10 heteroatoms. The molecule has 0 unspecified atom stereocenters. The van der Waals surface area contributed by atoms with E-state index < -0.39 is 18.2 Å². The summed E-state index contributed by atoms with van der Waals surface area (Å²) in [5, 5.41) is 7.11. The molecule has 0 saturated carbocycles. The number of methoxy groups -OCH3 is 1. The fraction of sp³-hybridized carbons (Fsp3) is 0.250. The number of hydrazone groups is 1. The molecular formula is C20H20BrCl2N3O4. The van der Waals surface area contributed by atoms with Crippen LogP contribution in [0.15, 0.2) is 39.9 Å². The van der Waals surface area contributed by atoms with Crippen LogP contribution in [0.2, 0.25) is 10.0 Å². The maximum atomic E-state index is 12.0. The molecule has 0 fully saturated rings. The zero-order chi connectivity index (χ0) is 22.3. The van der Waals surface area contributed by atoms with Crippen molar-refractivity contribution in [1.29, 1.82) is 0 Å². The number of ether oxygens (including phenoxy) is 2. The van der Waals surface area contributed by atoms with Gasteiger partial charge < -0.3 is 14.8 Å². The van der Waals surface area contributed by atoms with Crippen molar-refractivity contribution in [2.75, 3.05) is 12.4 Å². The molecule has 0 aliphatic rings. The molecule has 0 atom stereocenters. The van der Waals surface area contributed by atoms with Crippen molar-refractivity contribution < 1.29 is 19.1 Å². The first-order valence-electron chi connectivity index (χ1n) is 8.80. The molecule has 0 bridgehead atoms. The van der Waals surface area contributed by atoms with Crippen molar-refractivity contribution in [2.45, 2.75) is 26.4 Å². The topological polar surface area (TPSA) is 89.0 Å². The van der Waals surface area contributed by atoms with Gasteiger partial charge in [-0.25, -0.2) is 5.43 Å². The molecule has 0 aromatic heterocycles. The number of amides is 2. The van der Waals surface area contributed by atoms with Crippen LogP contribution >= 0.6 is 39.1 Å². The number of nitrogens with zero attached hydrogens (tertiary/aromatic N) is 1. The lowest BCUT2D eigenvalue weighted by molar-refractivity contribution is -0.126. The van der Waals surface area contributed by atoms with Crippen LogP contribution in [0.1, 0.15) is 25.8 Å². The average molecular weight is 517 g/mol. The Balaban J connectivity index is 1.94. The third-order valence-corrected chi connectivity index (χ3v) is 4.86. The molecule has 0 heterocycles. The SMILES string of the molecule is COc1cc(C=NNC(=O)CC(=O)Nc2ccc(Cl)c(Cl)c2)cc(Br)c1OC(C)C. The molecule has 0 spiro atoms. The fourth-order valence-electron chi connectivity index (χ4n) is 2.31. The number of carbonyl (C=O) groups excluding carboxylic acids is 2. The largest absolute Gasteiger partial charge is 0.493 e. The minimum Gasteiger partial charge on any atom is -0.493 e. The highest BCUT2D eigenvalue weighted by Crippen LogP contribution is 2.37. The summed E-state index contributed by atoms with van der Waals surface area (Å²) < 4.78 is 11.8. The molecule has 2 amide bonds. The van der Waals surface area contributed by atoms with Gasteiger partial charge in [0.15, 0.2) is 11.5 Å². The Hall–Kier alpha value is -2.29. The number of anilines is 1. The summed E-state index contributed by atoms with van der Waals surface area (Å²) in [6.07, 6.45) is 0.997. The highest BCUT2D eigenvalue weighted by atomic mass is 79.9. The Bertz CT molecular complexity index is 967. The van der Waals surface area contributed by atoms with E-state index in [0.717, 1.165) is 0 Å². The van der Waals surface area contributed by atoms with E-state index in [4.69, 9.17) is 32.7 Å². The number of rotatable bonds is 8. The summed E-state index contributed by atoms with van der Waals surface area (Å²) in [4.78, 5) is 23.9. The normalized spacial score (nSPS) is 10.9.